The first kappa shape index (κ1) is 19.7. The van der Waals surface area contributed by atoms with E-state index in [9.17, 15) is 5.11 Å². The predicted molar refractivity (Wildman–Crippen MR) is 111 cm³/mol. The van der Waals surface area contributed by atoms with Crippen LogP contribution in [0.15, 0.2) is 30.0 Å². The fourth-order valence-electron chi connectivity index (χ4n) is 4.64. The van der Waals surface area contributed by atoms with Crippen molar-refractivity contribution in [2.45, 2.75) is 57.3 Å². The fraction of sp³-hybridized carbons (Fsp3) is 0.429. The molecule has 2 fully saturated rings. The predicted octanol–water partition coefficient (Wildman–Crippen LogP) is 2.55. The Morgan fingerprint density at radius 2 is 2.06 bits per heavy atom. The van der Waals surface area contributed by atoms with Gasteiger partial charge in [0.1, 0.15) is 17.6 Å². The lowest BCUT2D eigenvalue weighted by atomic mass is 9.82. The van der Waals surface area contributed by atoms with Crippen LogP contribution in [0, 0.1) is 6.92 Å². The van der Waals surface area contributed by atoms with Gasteiger partial charge in [0.05, 0.1) is 23.0 Å². The Kier molecular flexibility index (Phi) is 4.37. The molecular weight excluding hydrogens is 399 g/mol. The minimum Gasteiger partial charge on any atom is -0.507 e. The number of rotatable bonds is 3. The SMILES string of the molecule is Cc1nnn(-c2ccc(-c3ncc(/C=C4\C[C@@]5(C)CC[C@](C)(N5)[C@H]4F)nn3)c(O)c2)n1. The molecule has 3 atom stereocenters. The molecule has 0 saturated carbocycles. The lowest BCUT2D eigenvalue weighted by Crippen LogP contribution is -2.57. The number of nitrogens with zero attached hydrogens (tertiary/aromatic N) is 7. The molecule has 4 heterocycles. The Morgan fingerprint density at radius 3 is 2.74 bits per heavy atom. The van der Waals surface area contributed by atoms with Crippen LogP contribution in [0.4, 0.5) is 4.39 Å². The van der Waals surface area contributed by atoms with Crippen LogP contribution in [0.5, 0.6) is 5.75 Å². The van der Waals surface area contributed by atoms with Gasteiger partial charge in [0, 0.05) is 11.6 Å². The Labute approximate surface area is 178 Å². The molecule has 2 aromatic heterocycles. The second-order valence-corrected chi connectivity index (χ2v) is 8.90. The first-order chi connectivity index (χ1) is 14.7. The van der Waals surface area contributed by atoms with Crippen LogP contribution in [0.2, 0.25) is 0 Å². The van der Waals surface area contributed by atoms with Crippen LogP contribution in [0.3, 0.4) is 0 Å². The number of hydrogen-bond donors (Lipinski definition) is 2. The van der Waals surface area contributed by atoms with E-state index in [2.05, 4.69) is 42.8 Å². The van der Waals surface area contributed by atoms with E-state index in [1.165, 1.54) is 10.9 Å². The highest BCUT2D eigenvalue weighted by Crippen LogP contribution is 2.46. The molecule has 0 radical (unpaired) electrons. The molecule has 10 heteroatoms. The largest absolute Gasteiger partial charge is 0.507 e. The second-order valence-electron chi connectivity index (χ2n) is 8.90. The van der Waals surface area contributed by atoms with Gasteiger partial charge in [-0.15, -0.1) is 25.2 Å². The minimum atomic E-state index is -1.07. The zero-order valence-electron chi connectivity index (χ0n) is 17.5. The Hall–Kier alpha value is -3.27. The van der Waals surface area contributed by atoms with Crippen molar-refractivity contribution in [3.63, 3.8) is 0 Å². The molecule has 0 unspecified atom stereocenters. The molecule has 2 aliphatic rings. The number of aromatic hydroxyl groups is 1. The van der Waals surface area contributed by atoms with Gasteiger partial charge in [-0.25, -0.2) is 9.37 Å². The van der Waals surface area contributed by atoms with Gasteiger partial charge in [-0.2, -0.15) is 0 Å². The Bertz CT molecular complexity index is 1180. The van der Waals surface area contributed by atoms with Crippen molar-refractivity contribution in [2.75, 3.05) is 0 Å². The summed E-state index contributed by atoms with van der Waals surface area (Å²) in [5.74, 6) is 0.774. The maximum Gasteiger partial charge on any atom is 0.185 e. The molecule has 2 bridgehead atoms. The fourth-order valence-corrected chi connectivity index (χ4v) is 4.64. The normalized spacial score (nSPS) is 28.9. The summed E-state index contributed by atoms with van der Waals surface area (Å²) in [4.78, 5) is 5.66. The van der Waals surface area contributed by atoms with Crippen LogP contribution in [-0.4, -0.2) is 57.7 Å². The summed E-state index contributed by atoms with van der Waals surface area (Å²) in [5, 5.41) is 34.1. The van der Waals surface area contributed by atoms with Gasteiger partial charge < -0.3 is 10.4 Å². The smallest absolute Gasteiger partial charge is 0.185 e. The number of piperidine rings is 1. The number of hydrogen-bond acceptors (Lipinski definition) is 8. The summed E-state index contributed by atoms with van der Waals surface area (Å²) >= 11 is 0. The first-order valence-corrected chi connectivity index (χ1v) is 10.2. The molecule has 2 aliphatic heterocycles. The van der Waals surface area contributed by atoms with Crippen molar-refractivity contribution in [3.05, 3.63) is 41.5 Å². The molecule has 1 aromatic carbocycles. The first-order valence-electron chi connectivity index (χ1n) is 10.2. The lowest BCUT2D eigenvalue weighted by Gasteiger charge is -2.41. The second kappa shape index (κ2) is 6.88. The zero-order chi connectivity index (χ0) is 21.8. The number of benzene rings is 1. The zero-order valence-corrected chi connectivity index (χ0v) is 17.5. The minimum absolute atomic E-state index is 0.0278. The number of phenols is 1. The number of tetrazole rings is 1. The molecule has 2 saturated heterocycles. The third kappa shape index (κ3) is 3.46. The molecule has 5 rings (SSSR count). The van der Waals surface area contributed by atoms with Crippen molar-refractivity contribution in [2.24, 2.45) is 0 Å². The van der Waals surface area contributed by atoms with Gasteiger partial charge in [-0.1, -0.05) is 0 Å². The van der Waals surface area contributed by atoms with E-state index in [4.69, 9.17) is 0 Å². The number of aryl methyl sites for hydroxylation is 1. The topological polar surface area (TPSA) is 115 Å². The van der Waals surface area contributed by atoms with Gasteiger partial charge in [0.2, 0.25) is 0 Å². The van der Waals surface area contributed by atoms with Gasteiger partial charge in [-0.05, 0) is 69.0 Å². The number of halogens is 1. The quantitative estimate of drug-likeness (QED) is 0.662. The summed E-state index contributed by atoms with van der Waals surface area (Å²) in [6.45, 7) is 5.80. The van der Waals surface area contributed by atoms with E-state index in [-0.39, 0.29) is 17.1 Å². The van der Waals surface area contributed by atoms with E-state index in [0.717, 1.165) is 12.8 Å². The highest BCUT2D eigenvalue weighted by atomic mass is 19.1. The van der Waals surface area contributed by atoms with Crippen molar-refractivity contribution in [1.29, 1.82) is 0 Å². The third-order valence-corrected chi connectivity index (χ3v) is 6.14. The molecule has 3 aromatic rings. The number of fused-ring (bicyclic) bond motifs is 2. The van der Waals surface area contributed by atoms with Gasteiger partial charge >= 0.3 is 0 Å². The van der Waals surface area contributed by atoms with Crippen LogP contribution >= 0.6 is 0 Å². The monoisotopic (exact) mass is 422 g/mol. The van der Waals surface area contributed by atoms with Crippen molar-refractivity contribution in [3.8, 4) is 22.8 Å². The van der Waals surface area contributed by atoms with E-state index in [1.54, 1.807) is 31.3 Å². The molecule has 0 aliphatic carbocycles. The molecule has 0 spiro atoms. The third-order valence-electron chi connectivity index (χ3n) is 6.14. The summed E-state index contributed by atoms with van der Waals surface area (Å²) < 4.78 is 15.1. The standard InChI is InChI=1S/C21H23FN8O/c1-12-24-29-30(27-12)15-4-5-16(17(31)9-15)19-23-11-14(25-26-19)8-13-10-20(2)6-7-21(3,28-20)18(13)22/h4-5,8-9,11,18,28,31H,6-7,10H2,1-3H3/b13-8+/t18-,20+,21-/m0/s1. The number of alkyl halides is 1. The van der Waals surface area contributed by atoms with Crippen molar-refractivity contribution in [1.82, 2.24) is 40.7 Å². The molecule has 9 nitrogen and oxygen atoms in total. The van der Waals surface area contributed by atoms with E-state index in [0.29, 0.717) is 34.8 Å². The Morgan fingerprint density at radius 1 is 1.23 bits per heavy atom. The van der Waals surface area contributed by atoms with Gasteiger partial charge in [-0.3, -0.25) is 0 Å². The number of nitrogens with one attached hydrogen (secondary N) is 1. The Balaban J connectivity index is 1.40. The number of aromatic nitrogens is 7. The van der Waals surface area contributed by atoms with Crippen molar-refractivity contribution >= 4 is 6.08 Å². The number of phenolic OH excluding ortho intramolecular Hbond substituents is 1. The summed E-state index contributed by atoms with van der Waals surface area (Å²) in [6.07, 6.45) is 4.61. The van der Waals surface area contributed by atoms with Crippen LogP contribution in [0.25, 0.3) is 23.2 Å². The van der Waals surface area contributed by atoms with E-state index < -0.39 is 11.7 Å². The summed E-state index contributed by atoms with van der Waals surface area (Å²) in [7, 11) is 0. The van der Waals surface area contributed by atoms with Crippen molar-refractivity contribution < 1.29 is 9.50 Å². The maximum atomic E-state index is 15.1. The van der Waals surface area contributed by atoms with E-state index in [1.807, 2.05) is 6.92 Å². The highest BCUT2D eigenvalue weighted by molar-refractivity contribution is 5.66. The lowest BCUT2D eigenvalue weighted by molar-refractivity contribution is 0.160. The molecule has 0 amide bonds. The highest BCUT2D eigenvalue weighted by Gasteiger charge is 2.53. The van der Waals surface area contributed by atoms with Crippen LogP contribution < -0.4 is 5.32 Å². The molecule has 160 valence electrons. The average Bonchev–Trinajstić information content (AvgIpc) is 3.29. The van der Waals surface area contributed by atoms with Gasteiger partial charge in [0.25, 0.3) is 0 Å². The summed E-state index contributed by atoms with van der Waals surface area (Å²) in [5.41, 5.74) is 1.57. The van der Waals surface area contributed by atoms with Gasteiger partial charge in [0.15, 0.2) is 11.6 Å². The maximum absolute atomic E-state index is 15.1. The molecule has 2 N–H and O–H groups in total. The van der Waals surface area contributed by atoms with Crippen LogP contribution in [-0.2, 0) is 0 Å². The van der Waals surface area contributed by atoms with E-state index >= 15 is 4.39 Å². The van der Waals surface area contributed by atoms with Crippen LogP contribution in [0.1, 0.15) is 44.6 Å². The summed E-state index contributed by atoms with van der Waals surface area (Å²) in [6, 6.07) is 4.91. The molecule has 31 heavy (non-hydrogen) atoms. The molecular formula is C21H23FN8O. The average molecular weight is 422 g/mol.